The highest BCUT2D eigenvalue weighted by atomic mass is 19.2. The first-order valence-electron chi connectivity index (χ1n) is 7.60. The first-order valence-corrected chi connectivity index (χ1v) is 7.60. The van der Waals surface area contributed by atoms with E-state index in [1.54, 1.807) is 4.90 Å². The van der Waals surface area contributed by atoms with Gasteiger partial charge in [0.1, 0.15) is 5.82 Å². The Morgan fingerprint density at radius 3 is 2.62 bits per heavy atom. The SMILES string of the molecule is CCCNC1CCN(c2cc(F)cc(F)c2F)C(C)C1C. The highest BCUT2D eigenvalue weighted by Gasteiger charge is 2.33. The molecule has 1 fully saturated rings. The number of nitrogens with zero attached hydrogens (tertiary/aromatic N) is 1. The Morgan fingerprint density at radius 1 is 1.24 bits per heavy atom. The molecule has 1 aliphatic rings. The topological polar surface area (TPSA) is 15.3 Å². The van der Waals surface area contributed by atoms with E-state index in [2.05, 4.69) is 19.2 Å². The summed E-state index contributed by atoms with van der Waals surface area (Å²) >= 11 is 0. The molecule has 2 rings (SSSR count). The highest BCUT2D eigenvalue weighted by Crippen LogP contribution is 2.32. The summed E-state index contributed by atoms with van der Waals surface area (Å²) in [6, 6.07) is 2.05. The second-order valence-corrected chi connectivity index (χ2v) is 5.86. The van der Waals surface area contributed by atoms with E-state index < -0.39 is 17.5 Å². The van der Waals surface area contributed by atoms with Gasteiger partial charge in [0.05, 0.1) is 5.69 Å². The van der Waals surface area contributed by atoms with Crippen LogP contribution in [-0.2, 0) is 0 Å². The normalized spacial score (nSPS) is 26.2. The van der Waals surface area contributed by atoms with Gasteiger partial charge in [0.25, 0.3) is 0 Å². The Balaban J connectivity index is 2.20. The van der Waals surface area contributed by atoms with E-state index in [0.717, 1.165) is 25.5 Å². The Bertz CT molecular complexity index is 493. The average molecular weight is 300 g/mol. The van der Waals surface area contributed by atoms with Crippen LogP contribution in [-0.4, -0.2) is 25.2 Å². The number of hydrogen-bond acceptors (Lipinski definition) is 2. The molecule has 0 aliphatic carbocycles. The van der Waals surface area contributed by atoms with Crippen molar-refractivity contribution in [3.8, 4) is 0 Å². The molecule has 2 nitrogen and oxygen atoms in total. The molecule has 0 spiro atoms. The highest BCUT2D eigenvalue weighted by molar-refractivity contribution is 5.50. The molecule has 0 bridgehead atoms. The molecule has 0 radical (unpaired) electrons. The Labute approximate surface area is 124 Å². The van der Waals surface area contributed by atoms with Gasteiger partial charge in [-0.3, -0.25) is 0 Å². The number of hydrogen-bond donors (Lipinski definition) is 1. The zero-order valence-electron chi connectivity index (χ0n) is 12.8. The maximum atomic E-state index is 14.0. The maximum absolute atomic E-state index is 14.0. The first-order chi connectivity index (χ1) is 9.95. The van der Waals surface area contributed by atoms with Crippen molar-refractivity contribution in [3.63, 3.8) is 0 Å². The van der Waals surface area contributed by atoms with Gasteiger partial charge in [-0.25, -0.2) is 13.2 Å². The molecule has 1 aromatic carbocycles. The van der Waals surface area contributed by atoms with Gasteiger partial charge in [-0.1, -0.05) is 13.8 Å². The maximum Gasteiger partial charge on any atom is 0.182 e. The summed E-state index contributed by atoms with van der Waals surface area (Å²) in [5.74, 6) is -2.56. The van der Waals surface area contributed by atoms with E-state index in [1.807, 2.05) is 6.92 Å². The molecule has 0 amide bonds. The quantitative estimate of drug-likeness (QED) is 0.853. The number of benzene rings is 1. The smallest absolute Gasteiger partial charge is 0.182 e. The van der Waals surface area contributed by atoms with Gasteiger partial charge in [-0.2, -0.15) is 0 Å². The molecule has 1 aromatic rings. The number of piperidine rings is 1. The van der Waals surface area contributed by atoms with Crippen LogP contribution in [0.2, 0.25) is 0 Å². The van der Waals surface area contributed by atoms with Crippen LogP contribution < -0.4 is 10.2 Å². The summed E-state index contributed by atoms with van der Waals surface area (Å²) in [6.07, 6.45) is 1.90. The molecule has 118 valence electrons. The van der Waals surface area contributed by atoms with Crippen LogP contribution in [0, 0.1) is 23.4 Å². The summed E-state index contributed by atoms with van der Waals surface area (Å²) < 4.78 is 40.8. The van der Waals surface area contributed by atoms with Crippen molar-refractivity contribution in [2.75, 3.05) is 18.0 Å². The molecule has 0 saturated carbocycles. The molecule has 1 saturated heterocycles. The van der Waals surface area contributed by atoms with Crippen molar-refractivity contribution in [3.05, 3.63) is 29.6 Å². The van der Waals surface area contributed by atoms with Crippen LogP contribution in [0.25, 0.3) is 0 Å². The van der Waals surface area contributed by atoms with Crippen molar-refractivity contribution in [2.24, 2.45) is 5.92 Å². The van der Waals surface area contributed by atoms with Gasteiger partial charge < -0.3 is 10.2 Å². The van der Waals surface area contributed by atoms with E-state index in [1.165, 1.54) is 0 Å². The van der Waals surface area contributed by atoms with Gasteiger partial charge in [-0.15, -0.1) is 0 Å². The summed E-state index contributed by atoms with van der Waals surface area (Å²) in [6.45, 7) is 7.73. The molecule has 1 aliphatic heterocycles. The molecule has 3 atom stereocenters. The lowest BCUT2D eigenvalue weighted by Gasteiger charge is -2.44. The minimum atomic E-state index is -1.13. The molecule has 5 heteroatoms. The first kappa shape index (κ1) is 16.1. The molecule has 1 heterocycles. The lowest BCUT2D eigenvalue weighted by molar-refractivity contribution is 0.269. The monoisotopic (exact) mass is 300 g/mol. The fourth-order valence-corrected chi connectivity index (χ4v) is 3.07. The van der Waals surface area contributed by atoms with E-state index in [0.29, 0.717) is 18.7 Å². The van der Waals surface area contributed by atoms with Gasteiger partial charge in [0, 0.05) is 30.8 Å². The molecule has 3 unspecified atom stereocenters. The predicted octanol–water partition coefficient (Wildman–Crippen LogP) is 3.71. The fourth-order valence-electron chi connectivity index (χ4n) is 3.07. The van der Waals surface area contributed by atoms with E-state index in [4.69, 9.17) is 0 Å². The molecular weight excluding hydrogens is 277 g/mol. The van der Waals surface area contributed by atoms with Crippen LogP contribution in [0.4, 0.5) is 18.9 Å². The van der Waals surface area contributed by atoms with Gasteiger partial charge in [0.15, 0.2) is 11.6 Å². The fraction of sp³-hybridized carbons (Fsp3) is 0.625. The second kappa shape index (κ2) is 6.69. The lowest BCUT2D eigenvalue weighted by Crippen LogP contribution is -2.54. The number of nitrogens with one attached hydrogen (secondary N) is 1. The third kappa shape index (κ3) is 3.34. The van der Waals surface area contributed by atoms with Crippen LogP contribution >= 0.6 is 0 Å². The minimum Gasteiger partial charge on any atom is -0.366 e. The molecule has 1 N–H and O–H groups in total. The summed E-state index contributed by atoms with van der Waals surface area (Å²) in [5, 5.41) is 3.49. The van der Waals surface area contributed by atoms with E-state index in [-0.39, 0.29) is 17.6 Å². The number of anilines is 1. The summed E-state index contributed by atoms with van der Waals surface area (Å²) in [7, 11) is 0. The minimum absolute atomic E-state index is 0.0174. The summed E-state index contributed by atoms with van der Waals surface area (Å²) in [4.78, 5) is 1.77. The zero-order valence-corrected chi connectivity index (χ0v) is 12.8. The van der Waals surface area contributed by atoms with E-state index in [9.17, 15) is 13.2 Å². The van der Waals surface area contributed by atoms with Gasteiger partial charge in [0.2, 0.25) is 0 Å². The molecule has 21 heavy (non-hydrogen) atoms. The largest absolute Gasteiger partial charge is 0.366 e. The van der Waals surface area contributed by atoms with Crippen LogP contribution in [0.1, 0.15) is 33.6 Å². The average Bonchev–Trinajstić information content (AvgIpc) is 2.45. The van der Waals surface area contributed by atoms with Crippen molar-refractivity contribution in [2.45, 2.75) is 45.7 Å². The van der Waals surface area contributed by atoms with Crippen molar-refractivity contribution >= 4 is 5.69 Å². The number of halogens is 3. The molecular formula is C16H23F3N2. The van der Waals surface area contributed by atoms with Crippen molar-refractivity contribution in [1.29, 1.82) is 0 Å². The van der Waals surface area contributed by atoms with Gasteiger partial charge in [-0.05, 0) is 32.2 Å². The Morgan fingerprint density at radius 2 is 1.95 bits per heavy atom. The Kier molecular flexibility index (Phi) is 5.14. The second-order valence-electron chi connectivity index (χ2n) is 5.86. The zero-order chi connectivity index (χ0) is 15.6. The third-order valence-corrected chi connectivity index (χ3v) is 4.51. The third-order valence-electron chi connectivity index (χ3n) is 4.51. The molecule has 0 aromatic heterocycles. The Hall–Kier alpha value is -1.23. The van der Waals surface area contributed by atoms with E-state index >= 15 is 0 Å². The van der Waals surface area contributed by atoms with Gasteiger partial charge >= 0.3 is 0 Å². The van der Waals surface area contributed by atoms with Crippen LogP contribution in [0.15, 0.2) is 12.1 Å². The van der Waals surface area contributed by atoms with Crippen LogP contribution in [0.5, 0.6) is 0 Å². The summed E-state index contributed by atoms with van der Waals surface area (Å²) in [5.41, 5.74) is 0.0285. The predicted molar refractivity (Wildman–Crippen MR) is 79.0 cm³/mol. The van der Waals surface area contributed by atoms with Crippen molar-refractivity contribution in [1.82, 2.24) is 5.32 Å². The van der Waals surface area contributed by atoms with Crippen LogP contribution in [0.3, 0.4) is 0 Å². The van der Waals surface area contributed by atoms with Crippen molar-refractivity contribution < 1.29 is 13.2 Å². The standard InChI is InChI=1S/C16H23F3N2/c1-4-6-20-14-5-7-21(11(3)10(14)2)15-9-12(17)8-13(18)16(15)19/h8-11,14,20H,4-7H2,1-3H3. The lowest BCUT2D eigenvalue weighted by atomic mass is 9.86. The number of rotatable bonds is 4.